The highest BCUT2D eigenvalue weighted by Gasteiger charge is 2.20. The van der Waals surface area contributed by atoms with Gasteiger partial charge < -0.3 is 19.3 Å². The van der Waals surface area contributed by atoms with E-state index in [2.05, 4.69) is 10.3 Å². The Labute approximate surface area is 201 Å². The third-order valence-electron chi connectivity index (χ3n) is 6.15. The van der Waals surface area contributed by atoms with E-state index in [1.807, 2.05) is 44.2 Å². The molecule has 0 aliphatic heterocycles. The number of fused-ring (bicyclic) bond motifs is 2. The lowest BCUT2D eigenvalue weighted by atomic mass is 9.98. The van der Waals surface area contributed by atoms with Crippen LogP contribution in [0.15, 0.2) is 68.2 Å². The molecule has 5 aromatic rings. The van der Waals surface area contributed by atoms with Crippen molar-refractivity contribution in [3.63, 3.8) is 0 Å². The maximum atomic E-state index is 13.4. The summed E-state index contributed by atoms with van der Waals surface area (Å²) in [7, 11) is 0. The molecule has 0 aliphatic rings. The molecule has 0 radical (unpaired) electrons. The van der Waals surface area contributed by atoms with Crippen molar-refractivity contribution in [2.75, 3.05) is 5.32 Å². The Morgan fingerprint density at radius 1 is 1.03 bits per heavy atom. The fraction of sp³-hybridized carbons (Fsp3) is 0.179. The number of hydrogen-bond donors (Lipinski definition) is 2. The van der Waals surface area contributed by atoms with Crippen LogP contribution in [-0.4, -0.2) is 16.1 Å². The molecule has 0 aliphatic carbocycles. The van der Waals surface area contributed by atoms with E-state index in [0.29, 0.717) is 45.0 Å². The number of rotatable bonds is 5. The molecule has 0 saturated carbocycles. The summed E-state index contributed by atoms with van der Waals surface area (Å²) >= 11 is 0. The van der Waals surface area contributed by atoms with Crippen LogP contribution in [0.25, 0.3) is 33.4 Å². The number of para-hydroxylation sites is 1. The molecule has 3 aromatic carbocycles. The summed E-state index contributed by atoms with van der Waals surface area (Å²) in [6, 6.07) is 15.7. The van der Waals surface area contributed by atoms with Gasteiger partial charge >= 0.3 is 5.97 Å². The molecule has 2 N–H and O–H groups in total. The number of carboxylic acid groups (broad SMARTS) is 1. The molecule has 0 saturated heterocycles. The van der Waals surface area contributed by atoms with E-state index in [4.69, 9.17) is 8.83 Å². The fourth-order valence-corrected chi connectivity index (χ4v) is 4.45. The van der Waals surface area contributed by atoms with Gasteiger partial charge in [0.1, 0.15) is 16.9 Å². The molecule has 0 spiro atoms. The van der Waals surface area contributed by atoms with Gasteiger partial charge in [0.05, 0.1) is 17.0 Å². The molecule has 0 bridgehead atoms. The van der Waals surface area contributed by atoms with Crippen LogP contribution in [0, 0.1) is 20.8 Å². The molecule has 176 valence electrons. The number of oxazole rings is 1. The second kappa shape index (κ2) is 8.43. The van der Waals surface area contributed by atoms with Gasteiger partial charge in [-0.05, 0) is 62.7 Å². The SMILES string of the molecule is Cc1cc([C@@H](C)Nc2ccccc2C(=O)O)c2oc(-c3ccc4nc(C)oc4c3)c(C)c(=O)c2c1. The lowest BCUT2D eigenvalue weighted by Gasteiger charge is -2.20. The summed E-state index contributed by atoms with van der Waals surface area (Å²) < 4.78 is 12.1. The van der Waals surface area contributed by atoms with Crippen molar-refractivity contribution in [1.29, 1.82) is 0 Å². The third kappa shape index (κ3) is 3.95. The number of aromatic nitrogens is 1. The van der Waals surface area contributed by atoms with E-state index >= 15 is 0 Å². The second-order valence-corrected chi connectivity index (χ2v) is 8.75. The zero-order chi connectivity index (χ0) is 24.9. The molecule has 5 rings (SSSR count). The molecule has 0 unspecified atom stereocenters. The van der Waals surface area contributed by atoms with Crippen molar-refractivity contribution in [2.45, 2.75) is 33.7 Å². The highest BCUT2D eigenvalue weighted by molar-refractivity contribution is 5.94. The molecule has 7 nitrogen and oxygen atoms in total. The van der Waals surface area contributed by atoms with E-state index in [-0.39, 0.29) is 17.0 Å². The Kier molecular flexibility index (Phi) is 5.40. The largest absolute Gasteiger partial charge is 0.478 e. The van der Waals surface area contributed by atoms with Gasteiger partial charge in [-0.2, -0.15) is 0 Å². The lowest BCUT2D eigenvalue weighted by Crippen LogP contribution is -2.14. The normalized spacial score (nSPS) is 12.2. The highest BCUT2D eigenvalue weighted by atomic mass is 16.4. The average Bonchev–Trinajstić information content (AvgIpc) is 3.20. The van der Waals surface area contributed by atoms with Crippen LogP contribution >= 0.6 is 0 Å². The van der Waals surface area contributed by atoms with Crippen molar-refractivity contribution < 1.29 is 18.7 Å². The van der Waals surface area contributed by atoms with Gasteiger partial charge in [0.25, 0.3) is 0 Å². The molecule has 1 atom stereocenters. The number of nitrogens with one attached hydrogen (secondary N) is 1. The minimum absolute atomic E-state index is 0.113. The van der Waals surface area contributed by atoms with Gasteiger partial charge in [0.15, 0.2) is 16.9 Å². The van der Waals surface area contributed by atoms with Crippen LogP contribution in [0.3, 0.4) is 0 Å². The van der Waals surface area contributed by atoms with Crippen LogP contribution in [0.4, 0.5) is 5.69 Å². The number of aromatic carboxylic acids is 1. The quantitative estimate of drug-likeness (QED) is 0.307. The summed E-state index contributed by atoms with van der Waals surface area (Å²) in [6.45, 7) is 7.37. The van der Waals surface area contributed by atoms with Gasteiger partial charge in [-0.1, -0.05) is 18.2 Å². The summed E-state index contributed by atoms with van der Waals surface area (Å²) in [4.78, 5) is 29.4. The Bertz CT molecular complexity index is 1680. The molecule has 2 aromatic heterocycles. The Hall–Kier alpha value is -4.39. The van der Waals surface area contributed by atoms with Gasteiger partial charge in [0.2, 0.25) is 0 Å². The Balaban J connectivity index is 1.68. The van der Waals surface area contributed by atoms with Crippen LogP contribution in [0.5, 0.6) is 0 Å². The van der Waals surface area contributed by atoms with Crippen molar-refractivity contribution in [1.82, 2.24) is 4.98 Å². The van der Waals surface area contributed by atoms with Crippen molar-refractivity contribution in [2.24, 2.45) is 0 Å². The van der Waals surface area contributed by atoms with Crippen LogP contribution in [0.1, 0.15) is 45.9 Å². The first kappa shape index (κ1) is 22.4. The van der Waals surface area contributed by atoms with Crippen LogP contribution in [-0.2, 0) is 0 Å². The maximum Gasteiger partial charge on any atom is 0.337 e. The number of benzene rings is 3. The minimum Gasteiger partial charge on any atom is -0.478 e. The first-order valence-corrected chi connectivity index (χ1v) is 11.3. The van der Waals surface area contributed by atoms with Gasteiger partial charge in [-0.15, -0.1) is 0 Å². The van der Waals surface area contributed by atoms with Gasteiger partial charge in [0, 0.05) is 29.3 Å². The Morgan fingerprint density at radius 3 is 2.57 bits per heavy atom. The summed E-state index contributed by atoms with van der Waals surface area (Å²) in [5.41, 5.74) is 5.25. The zero-order valence-corrected chi connectivity index (χ0v) is 19.8. The van der Waals surface area contributed by atoms with E-state index in [1.54, 1.807) is 38.1 Å². The fourth-order valence-electron chi connectivity index (χ4n) is 4.45. The zero-order valence-electron chi connectivity index (χ0n) is 19.8. The Morgan fingerprint density at radius 2 is 1.80 bits per heavy atom. The van der Waals surface area contributed by atoms with Crippen LogP contribution < -0.4 is 10.7 Å². The molecule has 0 fully saturated rings. The number of anilines is 1. The predicted octanol–water partition coefficient (Wildman–Crippen LogP) is 6.40. The summed E-state index contributed by atoms with van der Waals surface area (Å²) in [5, 5.41) is 13.3. The molecular weight excluding hydrogens is 444 g/mol. The van der Waals surface area contributed by atoms with E-state index < -0.39 is 5.97 Å². The number of nitrogens with zero attached hydrogens (tertiary/aromatic N) is 1. The molecular formula is C28H24N2O5. The number of carbonyl (C=O) groups is 1. The van der Waals surface area contributed by atoms with Crippen molar-refractivity contribution in [3.8, 4) is 11.3 Å². The van der Waals surface area contributed by atoms with Crippen molar-refractivity contribution >= 4 is 33.7 Å². The van der Waals surface area contributed by atoms with E-state index in [0.717, 1.165) is 16.6 Å². The average molecular weight is 469 g/mol. The first-order valence-electron chi connectivity index (χ1n) is 11.3. The lowest BCUT2D eigenvalue weighted by molar-refractivity contribution is 0.0698. The predicted molar refractivity (Wildman–Crippen MR) is 135 cm³/mol. The maximum absolute atomic E-state index is 13.4. The summed E-state index contributed by atoms with van der Waals surface area (Å²) in [5.74, 6) is 0.00622. The number of hydrogen-bond acceptors (Lipinski definition) is 6. The molecule has 0 amide bonds. The standard InChI is InChI=1S/C28H24N2O5/c1-14-11-20(16(3)29-22-8-6-5-7-19(22)28(32)33)27-21(12-14)25(31)15(2)26(35-27)18-9-10-23-24(13-18)34-17(4)30-23/h5-13,16,29H,1-4H3,(H,32,33)/t16-/m1/s1. The first-order chi connectivity index (χ1) is 16.7. The van der Waals surface area contributed by atoms with Crippen LogP contribution in [0.2, 0.25) is 0 Å². The number of carboxylic acids is 1. The molecule has 2 heterocycles. The second-order valence-electron chi connectivity index (χ2n) is 8.75. The smallest absolute Gasteiger partial charge is 0.337 e. The molecule has 7 heteroatoms. The highest BCUT2D eigenvalue weighted by Crippen LogP contribution is 2.33. The molecule has 35 heavy (non-hydrogen) atoms. The van der Waals surface area contributed by atoms with Gasteiger partial charge in [-0.25, -0.2) is 9.78 Å². The van der Waals surface area contributed by atoms with E-state index in [9.17, 15) is 14.7 Å². The number of aryl methyl sites for hydroxylation is 2. The van der Waals surface area contributed by atoms with Gasteiger partial charge in [-0.3, -0.25) is 4.79 Å². The topological polar surface area (TPSA) is 106 Å². The van der Waals surface area contributed by atoms with E-state index in [1.165, 1.54) is 0 Å². The minimum atomic E-state index is -1.02. The van der Waals surface area contributed by atoms with Crippen molar-refractivity contribution in [3.05, 3.63) is 93.0 Å². The summed E-state index contributed by atoms with van der Waals surface area (Å²) in [6.07, 6.45) is 0. The third-order valence-corrected chi connectivity index (χ3v) is 6.15. The monoisotopic (exact) mass is 468 g/mol.